The van der Waals surface area contributed by atoms with E-state index in [0.717, 1.165) is 28.9 Å². The molecule has 0 bridgehead atoms. The van der Waals surface area contributed by atoms with Crippen molar-refractivity contribution >= 4 is 15.9 Å². The van der Waals surface area contributed by atoms with Gasteiger partial charge in [0.2, 0.25) is 0 Å². The fraction of sp³-hybridized carbons (Fsp3) is 0.333. The van der Waals surface area contributed by atoms with E-state index in [1.807, 2.05) is 12.1 Å². The number of hydrogen-bond donors (Lipinski definition) is 1. The molecule has 1 N–H and O–H groups in total. The van der Waals surface area contributed by atoms with Crippen molar-refractivity contribution in [1.29, 1.82) is 0 Å². The second-order valence-corrected chi connectivity index (χ2v) is 6.11. The Morgan fingerprint density at radius 2 is 1.86 bits per heavy atom. The highest BCUT2D eigenvalue weighted by atomic mass is 79.9. The molecule has 0 amide bonds. The second kappa shape index (κ2) is 8.93. The first-order valence-electron chi connectivity index (χ1n) is 7.35. The fourth-order valence-corrected chi connectivity index (χ4v) is 2.48. The lowest BCUT2D eigenvalue weighted by Gasteiger charge is -2.13. The lowest BCUT2D eigenvalue weighted by Crippen LogP contribution is -2.19. The van der Waals surface area contributed by atoms with Crippen LogP contribution in [0.5, 0.6) is 5.75 Å². The van der Waals surface area contributed by atoms with Gasteiger partial charge >= 0.3 is 0 Å². The smallest absolute Gasteiger partial charge is 0.124 e. The van der Waals surface area contributed by atoms with E-state index in [0.29, 0.717) is 13.2 Å². The molecule has 0 heterocycles. The van der Waals surface area contributed by atoms with Gasteiger partial charge in [0, 0.05) is 30.2 Å². The van der Waals surface area contributed by atoms with Gasteiger partial charge in [0.25, 0.3) is 0 Å². The Kier molecular flexibility index (Phi) is 6.90. The molecule has 22 heavy (non-hydrogen) atoms. The van der Waals surface area contributed by atoms with Crippen LogP contribution in [0.3, 0.4) is 0 Å². The number of nitrogens with one attached hydrogen (secondary N) is 1. The fourth-order valence-electron chi connectivity index (χ4n) is 2.07. The van der Waals surface area contributed by atoms with Gasteiger partial charge in [-0.3, -0.25) is 0 Å². The first kappa shape index (κ1) is 17.0. The average Bonchev–Trinajstić information content (AvgIpc) is 2.52. The van der Waals surface area contributed by atoms with E-state index < -0.39 is 0 Å². The summed E-state index contributed by atoms with van der Waals surface area (Å²) in [6, 6.07) is 14.5. The quantitative estimate of drug-likeness (QED) is 0.717. The molecule has 0 aliphatic rings. The normalized spacial score (nSPS) is 10.7. The van der Waals surface area contributed by atoms with Crippen molar-refractivity contribution in [2.45, 2.75) is 20.1 Å². The van der Waals surface area contributed by atoms with Crippen molar-refractivity contribution in [1.82, 2.24) is 5.32 Å². The highest BCUT2D eigenvalue weighted by Gasteiger charge is 2.05. The largest absolute Gasteiger partial charge is 0.489 e. The van der Waals surface area contributed by atoms with E-state index in [1.165, 1.54) is 11.1 Å². The maximum absolute atomic E-state index is 5.98. The summed E-state index contributed by atoms with van der Waals surface area (Å²) in [6.07, 6.45) is 0. The Balaban J connectivity index is 1.98. The maximum atomic E-state index is 5.98. The first-order chi connectivity index (χ1) is 10.7. The Morgan fingerprint density at radius 3 is 2.59 bits per heavy atom. The molecule has 0 saturated carbocycles. The van der Waals surface area contributed by atoms with Crippen molar-refractivity contribution in [3.63, 3.8) is 0 Å². The van der Waals surface area contributed by atoms with Gasteiger partial charge in [-0.05, 0) is 30.7 Å². The van der Waals surface area contributed by atoms with Crippen LogP contribution in [-0.4, -0.2) is 20.3 Å². The van der Waals surface area contributed by atoms with Crippen LogP contribution in [-0.2, 0) is 17.9 Å². The van der Waals surface area contributed by atoms with Gasteiger partial charge in [-0.2, -0.15) is 0 Å². The molecule has 0 saturated heterocycles. The molecule has 4 heteroatoms. The first-order valence-corrected chi connectivity index (χ1v) is 8.15. The molecule has 3 nitrogen and oxygen atoms in total. The number of hydrogen-bond acceptors (Lipinski definition) is 3. The third-order valence-electron chi connectivity index (χ3n) is 3.34. The molecule has 118 valence electrons. The molecular weight excluding hydrogens is 342 g/mol. The van der Waals surface area contributed by atoms with Gasteiger partial charge in [-0.15, -0.1) is 0 Å². The summed E-state index contributed by atoms with van der Waals surface area (Å²) >= 11 is 3.51. The third kappa shape index (κ3) is 5.44. The predicted octanol–water partition coefficient (Wildman–Crippen LogP) is 4.07. The molecular formula is C18H22BrNO2. The van der Waals surface area contributed by atoms with Crippen molar-refractivity contribution < 1.29 is 9.47 Å². The van der Waals surface area contributed by atoms with E-state index in [9.17, 15) is 0 Å². The summed E-state index contributed by atoms with van der Waals surface area (Å²) in [6.45, 7) is 4.94. The van der Waals surface area contributed by atoms with Crippen molar-refractivity contribution in [2.75, 3.05) is 20.3 Å². The van der Waals surface area contributed by atoms with E-state index in [4.69, 9.17) is 9.47 Å². The van der Waals surface area contributed by atoms with Crippen LogP contribution in [0.4, 0.5) is 0 Å². The second-order valence-electron chi connectivity index (χ2n) is 5.20. The maximum Gasteiger partial charge on any atom is 0.124 e. The molecule has 0 unspecified atom stereocenters. The molecule has 0 aliphatic heterocycles. The van der Waals surface area contributed by atoms with Gasteiger partial charge in [0.05, 0.1) is 6.61 Å². The molecule has 2 aromatic rings. The Labute approximate surface area is 140 Å². The summed E-state index contributed by atoms with van der Waals surface area (Å²) in [4.78, 5) is 0. The molecule has 0 aromatic heterocycles. The standard InChI is InChI=1S/C18H22BrNO2/c1-14-3-5-15(6-4-14)13-22-18-8-7-17(19)11-16(18)12-20-9-10-21-2/h3-8,11,20H,9-10,12-13H2,1-2H3. The molecule has 2 rings (SSSR count). The monoisotopic (exact) mass is 363 g/mol. The predicted molar refractivity (Wildman–Crippen MR) is 93.2 cm³/mol. The highest BCUT2D eigenvalue weighted by Crippen LogP contribution is 2.24. The third-order valence-corrected chi connectivity index (χ3v) is 3.83. The van der Waals surface area contributed by atoms with Gasteiger partial charge in [-0.25, -0.2) is 0 Å². The van der Waals surface area contributed by atoms with Gasteiger partial charge in [0.15, 0.2) is 0 Å². The zero-order chi connectivity index (χ0) is 15.8. The Morgan fingerprint density at radius 1 is 1.09 bits per heavy atom. The number of methoxy groups -OCH3 is 1. The number of aryl methyl sites for hydroxylation is 1. The van der Waals surface area contributed by atoms with Crippen LogP contribution in [0, 0.1) is 6.92 Å². The highest BCUT2D eigenvalue weighted by molar-refractivity contribution is 9.10. The minimum absolute atomic E-state index is 0.576. The summed E-state index contributed by atoms with van der Waals surface area (Å²) in [5, 5.41) is 3.35. The SMILES string of the molecule is COCCNCc1cc(Br)ccc1OCc1ccc(C)cc1. The van der Waals surface area contributed by atoms with Gasteiger partial charge in [-0.1, -0.05) is 45.8 Å². The summed E-state index contributed by atoms with van der Waals surface area (Å²) in [5.74, 6) is 0.911. The van der Waals surface area contributed by atoms with Crippen LogP contribution in [0.25, 0.3) is 0 Å². The minimum Gasteiger partial charge on any atom is -0.489 e. The molecule has 0 spiro atoms. The van der Waals surface area contributed by atoms with Crippen molar-refractivity contribution in [3.8, 4) is 5.75 Å². The average molecular weight is 364 g/mol. The summed E-state index contributed by atoms with van der Waals surface area (Å²) in [7, 11) is 1.71. The number of halogens is 1. The van der Waals surface area contributed by atoms with E-state index in [2.05, 4.69) is 58.5 Å². The van der Waals surface area contributed by atoms with Crippen molar-refractivity contribution in [3.05, 3.63) is 63.6 Å². The van der Waals surface area contributed by atoms with Crippen LogP contribution in [0.2, 0.25) is 0 Å². The summed E-state index contributed by atoms with van der Waals surface area (Å²) in [5.41, 5.74) is 3.57. The van der Waals surface area contributed by atoms with E-state index >= 15 is 0 Å². The van der Waals surface area contributed by atoms with Crippen LogP contribution >= 0.6 is 15.9 Å². The van der Waals surface area contributed by atoms with Gasteiger partial charge < -0.3 is 14.8 Å². The molecule has 0 aliphatic carbocycles. The number of rotatable bonds is 8. The van der Waals surface area contributed by atoms with E-state index in [-0.39, 0.29) is 0 Å². The lowest BCUT2D eigenvalue weighted by atomic mass is 10.1. The van der Waals surface area contributed by atoms with E-state index in [1.54, 1.807) is 7.11 Å². The molecule has 0 atom stereocenters. The topological polar surface area (TPSA) is 30.5 Å². The van der Waals surface area contributed by atoms with Crippen LogP contribution in [0.1, 0.15) is 16.7 Å². The minimum atomic E-state index is 0.576. The zero-order valence-corrected chi connectivity index (χ0v) is 14.7. The van der Waals surface area contributed by atoms with Gasteiger partial charge in [0.1, 0.15) is 12.4 Å². The summed E-state index contributed by atoms with van der Waals surface area (Å²) < 4.78 is 12.1. The Hall–Kier alpha value is -1.36. The zero-order valence-electron chi connectivity index (χ0n) is 13.1. The lowest BCUT2D eigenvalue weighted by molar-refractivity contribution is 0.199. The molecule has 0 radical (unpaired) electrons. The molecule has 0 fully saturated rings. The molecule has 2 aromatic carbocycles. The Bertz CT molecular complexity index is 584. The van der Waals surface area contributed by atoms with Crippen molar-refractivity contribution in [2.24, 2.45) is 0 Å². The number of ether oxygens (including phenoxy) is 2. The van der Waals surface area contributed by atoms with Crippen LogP contribution < -0.4 is 10.1 Å². The van der Waals surface area contributed by atoms with Crippen LogP contribution in [0.15, 0.2) is 46.9 Å². The number of benzene rings is 2.